The molecule has 0 radical (unpaired) electrons. The number of benzene rings is 1. The van der Waals surface area contributed by atoms with E-state index in [1.807, 2.05) is 12.1 Å². The van der Waals surface area contributed by atoms with E-state index in [-0.39, 0.29) is 0 Å². The Morgan fingerprint density at radius 3 is 1.90 bits per heavy atom. The molecular weight excluding hydrogens is 256 g/mol. The van der Waals surface area contributed by atoms with E-state index in [9.17, 15) is 0 Å². The Bertz CT molecular complexity index is 381. The van der Waals surface area contributed by atoms with Gasteiger partial charge in [-0.05, 0) is 13.1 Å². The van der Waals surface area contributed by atoms with Crippen molar-refractivity contribution in [3.05, 3.63) is 12.1 Å². The number of rotatable bonds is 9. The van der Waals surface area contributed by atoms with Crippen molar-refractivity contribution in [3.8, 4) is 17.2 Å². The Hall–Kier alpha value is -1.62. The van der Waals surface area contributed by atoms with Crippen molar-refractivity contribution in [1.29, 1.82) is 0 Å². The summed E-state index contributed by atoms with van der Waals surface area (Å²) in [6.45, 7) is 8.34. The first-order valence-electron chi connectivity index (χ1n) is 6.96. The Morgan fingerprint density at radius 1 is 0.950 bits per heavy atom. The van der Waals surface area contributed by atoms with Crippen LogP contribution in [0.5, 0.6) is 17.2 Å². The molecule has 0 bridgehead atoms. The van der Waals surface area contributed by atoms with E-state index in [0.717, 1.165) is 31.9 Å². The molecule has 0 unspecified atom stereocenters. The first-order chi connectivity index (χ1) is 9.69. The van der Waals surface area contributed by atoms with Crippen LogP contribution in [0.3, 0.4) is 0 Å². The number of hydrogen-bond acceptors (Lipinski definition) is 5. The monoisotopic (exact) mass is 282 g/mol. The van der Waals surface area contributed by atoms with Gasteiger partial charge < -0.3 is 24.4 Å². The highest BCUT2D eigenvalue weighted by atomic mass is 16.5. The molecule has 0 aliphatic carbocycles. The third-order valence-corrected chi connectivity index (χ3v) is 3.32. The van der Waals surface area contributed by atoms with Crippen molar-refractivity contribution < 1.29 is 14.2 Å². The van der Waals surface area contributed by atoms with E-state index in [4.69, 9.17) is 14.2 Å². The van der Waals surface area contributed by atoms with Gasteiger partial charge in [-0.25, -0.2) is 0 Å². The second-order valence-corrected chi connectivity index (χ2v) is 4.37. The van der Waals surface area contributed by atoms with Crippen LogP contribution in [0.2, 0.25) is 0 Å². The Morgan fingerprint density at radius 2 is 1.50 bits per heavy atom. The third kappa shape index (κ3) is 4.20. The SMILES string of the molecule is CCN(CC)CCNc1cc(OC)c(OC)c(OC)c1. The van der Waals surface area contributed by atoms with Gasteiger partial charge in [-0.3, -0.25) is 0 Å². The standard InChI is InChI=1S/C15H26N2O3/c1-6-17(7-2)9-8-16-12-10-13(18-3)15(20-5)14(11-12)19-4/h10-11,16H,6-9H2,1-5H3. The molecule has 114 valence electrons. The normalized spacial score (nSPS) is 10.5. The van der Waals surface area contributed by atoms with Crippen LogP contribution in [0.4, 0.5) is 5.69 Å². The maximum Gasteiger partial charge on any atom is 0.203 e. The topological polar surface area (TPSA) is 43.0 Å². The van der Waals surface area contributed by atoms with Crippen LogP contribution >= 0.6 is 0 Å². The van der Waals surface area contributed by atoms with Gasteiger partial charge in [-0.2, -0.15) is 0 Å². The first kappa shape index (κ1) is 16.4. The zero-order valence-corrected chi connectivity index (χ0v) is 13.2. The highest BCUT2D eigenvalue weighted by Crippen LogP contribution is 2.39. The van der Waals surface area contributed by atoms with Crippen LogP contribution in [-0.4, -0.2) is 52.4 Å². The van der Waals surface area contributed by atoms with Gasteiger partial charge in [0.25, 0.3) is 0 Å². The molecule has 1 N–H and O–H groups in total. The summed E-state index contributed by atoms with van der Waals surface area (Å²) in [6, 6.07) is 3.84. The number of likely N-dealkylation sites (N-methyl/N-ethyl adjacent to an activating group) is 1. The molecule has 0 aromatic heterocycles. The third-order valence-electron chi connectivity index (χ3n) is 3.32. The second-order valence-electron chi connectivity index (χ2n) is 4.37. The molecule has 0 fully saturated rings. The van der Waals surface area contributed by atoms with Crippen molar-refractivity contribution >= 4 is 5.69 Å². The van der Waals surface area contributed by atoms with Crippen molar-refractivity contribution in [2.45, 2.75) is 13.8 Å². The Kier molecular flexibility index (Phi) is 7.01. The highest BCUT2D eigenvalue weighted by molar-refractivity contribution is 5.62. The van der Waals surface area contributed by atoms with Gasteiger partial charge >= 0.3 is 0 Å². The van der Waals surface area contributed by atoms with Crippen molar-refractivity contribution in [3.63, 3.8) is 0 Å². The lowest BCUT2D eigenvalue weighted by molar-refractivity contribution is 0.315. The highest BCUT2D eigenvalue weighted by Gasteiger charge is 2.12. The largest absolute Gasteiger partial charge is 0.493 e. The minimum atomic E-state index is 0.615. The van der Waals surface area contributed by atoms with Crippen LogP contribution < -0.4 is 19.5 Å². The summed E-state index contributed by atoms with van der Waals surface area (Å²) in [5, 5.41) is 3.39. The summed E-state index contributed by atoms with van der Waals surface area (Å²) >= 11 is 0. The average Bonchev–Trinajstić information content (AvgIpc) is 2.50. The zero-order chi connectivity index (χ0) is 15.0. The van der Waals surface area contributed by atoms with Crippen LogP contribution in [0, 0.1) is 0 Å². The number of hydrogen-bond donors (Lipinski definition) is 1. The molecular formula is C15H26N2O3. The molecule has 0 spiro atoms. The van der Waals surface area contributed by atoms with E-state index >= 15 is 0 Å². The van der Waals surface area contributed by atoms with E-state index in [1.54, 1.807) is 21.3 Å². The summed E-state index contributed by atoms with van der Waals surface area (Å²) in [5.74, 6) is 1.94. The van der Waals surface area contributed by atoms with Gasteiger partial charge in [-0.1, -0.05) is 13.8 Å². The van der Waals surface area contributed by atoms with E-state index in [1.165, 1.54) is 0 Å². The number of nitrogens with one attached hydrogen (secondary N) is 1. The molecule has 1 rings (SSSR count). The summed E-state index contributed by atoms with van der Waals surface area (Å²) in [7, 11) is 4.85. The fraction of sp³-hybridized carbons (Fsp3) is 0.600. The molecule has 0 saturated carbocycles. The smallest absolute Gasteiger partial charge is 0.203 e. The minimum Gasteiger partial charge on any atom is -0.493 e. The van der Waals surface area contributed by atoms with Gasteiger partial charge in [0.1, 0.15) is 0 Å². The lowest BCUT2D eigenvalue weighted by atomic mass is 10.2. The number of nitrogens with zero attached hydrogens (tertiary/aromatic N) is 1. The van der Waals surface area contributed by atoms with Gasteiger partial charge in [0.2, 0.25) is 5.75 Å². The molecule has 1 aromatic rings. The molecule has 0 atom stereocenters. The molecule has 20 heavy (non-hydrogen) atoms. The van der Waals surface area contributed by atoms with Crippen LogP contribution in [-0.2, 0) is 0 Å². The van der Waals surface area contributed by atoms with Gasteiger partial charge in [0.15, 0.2) is 11.5 Å². The fourth-order valence-electron chi connectivity index (χ4n) is 2.08. The van der Waals surface area contributed by atoms with Gasteiger partial charge in [-0.15, -0.1) is 0 Å². The lowest BCUT2D eigenvalue weighted by Crippen LogP contribution is -2.28. The molecule has 0 amide bonds. The first-order valence-corrected chi connectivity index (χ1v) is 6.96. The summed E-state index contributed by atoms with van der Waals surface area (Å²) < 4.78 is 16.0. The average molecular weight is 282 g/mol. The minimum absolute atomic E-state index is 0.615. The molecule has 0 aliphatic rings. The quantitative estimate of drug-likeness (QED) is 0.753. The number of methoxy groups -OCH3 is 3. The molecule has 1 aromatic carbocycles. The Balaban J connectivity index is 2.75. The molecule has 5 nitrogen and oxygen atoms in total. The Labute approximate surface area is 121 Å². The van der Waals surface area contributed by atoms with Crippen LogP contribution in [0.1, 0.15) is 13.8 Å². The molecule has 0 aliphatic heterocycles. The summed E-state index contributed by atoms with van der Waals surface area (Å²) in [4.78, 5) is 2.37. The zero-order valence-electron chi connectivity index (χ0n) is 13.2. The predicted molar refractivity (Wildman–Crippen MR) is 82.4 cm³/mol. The van der Waals surface area contributed by atoms with Crippen molar-refractivity contribution in [2.75, 3.05) is 52.8 Å². The predicted octanol–water partition coefficient (Wildman–Crippen LogP) is 2.47. The van der Waals surface area contributed by atoms with Crippen LogP contribution in [0.25, 0.3) is 0 Å². The van der Waals surface area contributed by atoms with E-state index in [0.29, 0.717) is 17.2 Å². The van der Waals surface area contributed by atoms with Crippen molar-refractivity contribution in [2.24, 2.45) is 0 Å². The summed E-state index contributed by atoms with van der Waals surface area (Å²) in [6.07, 6.45) is 0. The van der Waals surface area contributed by atoms with E-state index < -0.39 is 0 Å². The van der Waals surface area contributed by atoms with Crippen LogP contribution in [0.15, 0.2) is 12.1 Å². The van der Waals surface area contributed by atoms with Crippen molar-refractivity contribution in [1.82, 2.24) is 4.90 Å². The van der Waals surface area contributed by atoms with Gasteiger partial charge in [0.05, 0.1) is 21.3 Å². The molecule has 5 heteroatoms. The molecule has 0 saturated heterocycles. The number of ether oxygens (including phenoxy) is 3. The lowest BCUT2D eigenvalue weighted by Gasteiger charge is -2.19. The second kappa shape index (κ2) is 8.53. The fourth-order valence-corrected chi connectivity index (χ4v) is 2.08. The summed E-state index contributed by atoms with van der Waals surface area (Å²) in [5.41, 5.74) is 0.964. The van der Waals surface area contributed by atoms with E-state index in [2.05, 4.69) is 24.1 Å². The number of anilines is 1. The van der Waals surface area contributed by atoms with Gasteiger partial charge in [0, 0.05) is 30.9 Å². The maximum absolute atomic E-state index is 5.33. The molecule has 0 heterocycles. The maximum atomic E-state index is 5.33.